The molecule has 0 radical (unpaired) electrons. The fraction of sp³-hybridized carbons (Fsp3) is 0.250. The second-order valence-corrected chi connectivity index (χ2v) is 9.91. The average molecular weight is 479 g/mol. The summed E-state index contributed by atoms with van der Waals surface area (Å²) in [4.78, 5) is 4.15. The topological polar surface area (TPSA) is 123 Å². The monoisotopic (exact) mass is 478 g/mol. The minimum absolute atomic E-state index is 0.00571. The first-order chi connectivity index (χ1) is 16.2. The molecule has 0 fully saturated rings. The van der Waals surface area contributed by atoms with Crippen LogP contribution in [0.4, 0.5) is 5.69 Å². The third-order valence-electron chi connectivity index (χ3n) is 5.47. The van der Waals surface area contributed by atoms with Gasteiger partial charge in [-0.15, -0.1) is 10.2 Å². The molecule has 2 heterocycles. The molecule has 0 amide bonds. The number of hydrogen-bond acceptors (Lipinski definition) is 7. The SMILES string of the molecule is Cc1cc(NS(=O)(=O)c2ncccc2C(C)C)c(OCc2ccc(-c3nn[nH]n3)cc2)cc1C. The number of rotatable bonds is 8. The Morgan fingerprint density at radius 2 is 1.79 bits per heavy atom. The summed E-state index contributed by atoms with van der Waals surface area (Å²) < 4.78 is 35.2. The molecule has 0 bridgehead atoms. The molecule has 0 aliphatic carbocycles. The van der Waals surface area contributed by atoms with Crippen LogP contribution in [0.3, 0.4) is 0 Å². The van der Waals surface area contributed by atoms with E-state index in [-0.39, 0.29) is 17.6 Å². The lowest BCUT2D eigenvalue weighted by Gasteiger charge is -2.17. The molecule has 0 saturated heterocycles. The van der Waals surface area contributed by atoms with Gasteiger partial charge in [0.2, 0.25) is 5.82 Å². The summed E-state index contributed by atoms with van der Waals surface area (Å²) >= 11 is 0. The fourth-order valence-electron chi connectivity index (χ4n) is 3.44. The molecule has 4 aromatic rings. The minimum Gasteiger partial charge on any atom is -0.487 e. The van der Waals surface area contributed by atoms with Crippen molar-refractivity contribution >= 4 is 15.7 Å². The maximum absolute atomic E-state index is 13.3. The van der Waals surface area contributed by atoms with Crippen LogP contribution in [-0.4, -0.2) is 34.0 Å². The minimum atomic E-state index is -3.92. The predicted octanol–water partition coefficient (Wildman–Crippen LogP) is 4.38. The molecular formula is C24H26N6O3S. The van der Waals surface area contributed by atoms with Crippen LogP contribution in [0.2, 0.25) is 0 Å². The smallest absolute Gasteiger partial charge is 0.279 e. The van der Waals surface area contributed by atoms with Gasteiger partial charge in [0, 0.05) is 11.8 Å². The first-order valence-corrected chi connectivity index (χ1v) is 12.3. The molecule has 0 unspecified atom stereocenters. The Hall–Kier alpha value is -3.79. The second kappa shape index (κ2) is 9.60. The number of nitrogens with one attached hydrogen (secondary N) is 2. The van der Waals surface area contributed by atoms with Crippen LogP contribution in [0, 0.1) is 13.8 Å². The molecular weight excluding hydrogens is 452 g/mol. The van der Waals surface area contributed by atoms with Crippen molar-refractivity contribution in [2.75, 3.05) is 4.72 Å². The van der Waals surface area contributed by atoms with Gasteiger partial charge in [-0.05, 0) is 65.4 Å². The van der Waals surface area contributed by atoms with Crippen LogP contribution < -0.4 is 9.46 Å². The highest BCUT2D eigenvalue weighted by Crippen LogP contribution is 2.32. The van der Waals surface area contributed by atoms with E-state index in [2.05, 4.69) is 30.3 Å². The number of aromatic amines is 1. The third-order valence-corrected chi connectivity index (χ3v) is 6.81. The van der Waals surface area contributed by atoms with Gasteiger partial charge in [-0.2, -0.15) is 13.6 Å². The van der Waals surface area contributed by atoms with Gasteiger partial charge < -0.3 is 4.74 Å². The molecule has 176 valence electrons. The number of pyridine rings is 1. The number of aryl methyl sites for hydroxylation is 2. The van der Waals surface area contributed by atoms with Gasteiger partial charge >= 0.3 is 0 Å². The lowest BCUT2D eigenvalue weighted by Crippen LogP contribution is -2.18. The Bertz CT molecular complexity index is 1380. The molecule has 0 spiro atoms. The van der Waals surface area contributed by atoms with Gasteiger partial charge in [-0.3, -0.25) is 4.72 Å². The van der Waals surface area contributed by atoms with Crippen molar-refractivity contribution in [2.45, 2.75) is 45.2 Å². The predicted molar refractivity (Wildman–Crippen MR) is 129 cm³/mol. The summed E-state index contributed by atoms with van der Waals surface area (Å²) in [6.45, 7) is 8.00. The number of H-pyrrole nitrogens is 1. The number of anilines is 1. The van der Waals surface area contributed by atoms with Crippen molar-refractivity contribution in [3.63, 3.8) is 0 Å². The van der Waals surface area contributed by atoms with Crippen molar-refractivity contribution in [3.05, 3.63) is 77.0 Å². The number of nitrogens with zero attached hydrogens (tertiary/aromatic N) is 4. The molecule has 9 nitrogen and oxygen atoms in total. The van der Waals surface area contributed by atoms with E-state index in [1.165, 1.54) is 6.20 Å². The molecule has 2 N–H and O–H groups in total. The molecule has 2 aromatic carbocycles. The van der Waals surface area contributed by atoms with Crippen molar-refractivity contribution in [1.29, 1.82) is 0 Å². The summed E-state index contributed by atoms with van der Waals surface area (Å²) in [6.07, 6.45) is 1.48. The number of hydrogen-bond donors (Lipinski definition) is 2. The lowest BCUT2D eigenvalue weighted by molar-refractivity contribution is 0.307. The number of benzene rings is 2. The number of sulfonamides is 1. The zero-order valence-electron chi connectivity index (χ0n) is 19.4. The summed E-state index contributed by atoms with van der Waals surface area (Å²) in [5.41, 5.74) is 4.69. The molecule has 0 saturated carbocycles. The van der Waals surface area contributed by atoms with Crippen LogP contribution in [0.15, 0.2) is 59.8 Å². The van der Waals surface area contributed by atoms with Crippen LogP contribution in [0.25, 0.3) is 11.4 Å². The number of aromatic nitrogens is 5. The Morgan fingerprint density at radius 3 is 2.47 bits per heavy atom. The van der Waals surface area contributed by atoms with Gasteiger partial charge in [-0.1, -0.05) is 44.2 Å². The van der Waals surface area contributed by atoms with Crippen molar-refractivity contribution < 1.29 is 13.2 Å². The van der Waals surface area contributed by atoms with E-state index in [0.717, 1.165) is 22.3 Å². The summed E-state index contributed by atoms with van der Waals surface area (Å²) in [7, 11) is -3.92. The molecule has 4 rings (SSSR count). The Kier molecular flexibility index (Phi) is 6.60. The summed E-state index contributed by atoms with van der Waals surface area (Å²) in [5, 5.41) is 13.9. The number of ether oxygens (including phenoxy) is 1. The summed E-state index contributed by atoms with van der Waals surface area (Å²) in [6, 6.07) is 14.7. The van der Waals surface area contributed by atoms with Crippen LogP contribution >= 0.6 is 0 Å². The molecule has 34 heavy (non-hydrogen) atoms. The van der Waals surface area contributed by atoms with Gasteiger partial charge in [-0.25, -0.2) is 4.98 Å². The Labute approximate surface area is 198 Å². The molecule has 0 aliphatic heterocycles. The highest BCUT2D eigenvalue weighted by molar-refractivity contribution is 7.92. The van der Waals surface area contributed by atoms with E-state index < -0.39 is 10.0 Å². The van der Waals surface area contributed by atoms with Crippen LogP contribution in [-0.2, 0) is 16.6 Å². The highest BCUT2D eigenvalue weighted by atomic mass is 32.2. The Balaban J connectivity index is 1.58. The van der Waals surface area contributed by atoms with E-state index in [1.807, 2.05) is 58.0 Å². The molecule has 0 atom stereocenters. The maximum Gasteiger partial charge on any atom is 0.279 e. The second-order valence-electron chi connectivity index (χ2n) is 8.31. The van der Waals surface area contributed by atoms with E-state index in [0.29, 0.717) is 22.8 Å². The van der Waals surface area contributed by atoms with Crippen molar-refractivity contribution in [2.24, 2.45) is 0 Å². The quantitative estimate of drug-likeness (QED) is 0.385. The summed E-state index contributed by atoms with van der Waals surface area (Å²) in [5.74, 6) is 0.954. The van der Waals surface area contributed by atoms with Crippen molar-refractivity contribution in [1.82, 2.24) is 25.6 Å². The number of tetrazole rings is 1. The van der Waals surface area contributed by atoms with Crippen molar-refractivity contribution in [3.8, 4) is 17.1 Å². The van der Waals surface area contributed by atoms with Gasteiger partial charge in [0.15, 0.2) is 5.03 Å². The van der Waals surface area contributed by atoms with E-state index in [9.17, 15) is 8.42 Å². The zero-order chi connectivity index (χ0) is 24.3. The standard InChI is InChI=1S/C24H26N6O3S/c1-15(2)20-6-5-11-25-24(20)34(31,32)28-21-12-16(3)17(4)13-22(21)33-14-18-7-9-19(10-8-18)23-26-29-30-27-23/h5-13,15,28H,14H2,1-4H3,(H,26,27,29,30). The first kappa shape index (κ1) is 23.4. The van der Waals surface area contributed by atoms with Gasteiger partial charge in [0.05, 0.1) is 5.69 Å². The van der Waals surface area contributed by atoms with Crippen LogP contribution in [0.5, 0.6) is 5.75 Å². The van der Waals surface area contributed by atoms with Gasteiger partial charge in [0.25, 0.3) is 10.0 Å². The zero-order valence-corrected chi connectivity index (χ0v) is 20.2. The van der Waals surface area contributed by atoms with E-state index in [1.54, 1.807) is 18.2 Å². The third kappa shape index (κ3) is 5.07. The molecule has 10 heteroatoms. The fourth-order valence-corrected chi connectivity index (χ4v) is 4.80. The van der Waals surface area contributed by atoms with E-state index in [4.69, 9.17) is 4.74 Å². The van der Waals surface area contributed by atoms with E-state index >= 15 is 0 Å². The molecule has 2 aromatic heterocycles. The van der Waals surface area contributed by atoms with Gasteiger partial charge in [0.1, 0.15) is 12.4 Å². The lowest BCUT2D eigenvalue weighted by atomic mass is 10.1. The Morgan fingerprint density at radius 1 is 1.06 bits per heavy atom. The average Bonchev–Trinajstić information content (AvgIpc) is 3.35. The normalized spacial score (nSPS) is 11.6. The largest absolute Gasteiger partial charge is 0.487 e. The van der Waals surface area contributed by atoms with Crippen LogP contribution in [0.1, 0.15) is 42.0 Å². The maximum atomic E-state index is 13.3. The first-order valence-electron chi connectivity index (χ1n) is 10.8. The molecule has 0 aliphatic rings. The highest BCUT2D eigenvalue weighted by Gasteiger charge is 2.23.